The Hall–Kier alpha value is -1.24. The van der Waals surface area contributed by atoms with Crippen molar-refractivity contribution in [2.75, 3.05) is 32.0 Å². The first-order valence-electron chi connectivity index (χ1n) is 6.31. The molecule has 0 amide bonds. The lowest BCUT2D eigenvalue weighted by Gasteiger charge is -2.30. The van der Waals surface area contributed by atoms with Gasteiger partial charge in [-0.25, -0.2) is 0 Å². The van der Waals surface area contributed by atoms with Gasteiger partial charge in [0.05, 0.1) is 10.6 Å². The van der Waals surface area contributed by atoms with Gasteiger partial charge in [-0.2, -0.15) is 5.26 Å². The number of piperidine rings is 1. The highest BCUT2D eigenvalue weighted by Crippen LogP contribution is 2.21. The van der Waals surface area contributed by atoms with Gasteiger partial charge in [0.25, 0.3) is 0 Å². The van der Waals surface area contributed by atoms with Crippen molar-refractivity contribution in [1.29, 1.82) is 5.26 Å². The highest BCUT2D eigenvalue weighted by molar-refractivity contribution is 6.32. The minimum Gasteiger partial charge on any atom is -0.385 e. The molecular formula is C14H18ClN3. The van der Waals surface area contributed by atoms with E-state index in [0.717, 1.165) is 18.8 Å². The van der Waals surface area contributed by atoms with Crippen molar-refractivity contribution >= 4 is 17.3 Å². The molecule has 2 rings (SSSR count). The first kappa shape index (κ1) is 13.2. The van der Waals surface area contributed by atoms with E-state index >= 15 is 0 Å². The Morgan fingerprint density at radius 2 is 2.39 bits per heavy atom. The molecule has 4 heteroatoms. The molecule has 18 heavy (non-hydrogen) atoms. The van der Waals surface area contributed by atoms with Crippen molar-refractivity contribution in [3.8, 4) is 6.07 Å². The maximum atomic E-state index is 8.81. The first-order valence-corrected chi connectivity index (χ1v) is 6.69. The van der Waals surface area contributed by atoms with Gasteiger partial charge < -0.3 is 10.2 Å². The van der Waals surface area contributed by atoms with Crippen molar-refractivity contribution in [1.82, 2.24) is 4.90 Å². The highest BCUT2D eigenvalue weighted by atomic mass is 35.5. The molecule has 1 aromatic carbocycles. The van der Waals surface area contributed by atoms with Gasteiger partial charge in [-0.1, -0.05) is 11.6 Å². The Kier molecular flexibility index (Phi) is 4.46. The van der Waals surface area contributed by atoms with Gasteiger partial charge >= 0.3 is 0 Å². The van der Waals surface area contributed by atoms with E-state index < -0.39 is 0 Å². The monoisotopic (exact) mass is 263 g/mol. The fraction of sp³-hybridized carbons (Fsp3) is 0.500. The molecule has 0 bridgehead atoms. The van der Waals surface area contributed by atoms with Gasteiger partial charge in [-0.15, -0.1) is 0 Å². The van der Waals surface area contributed by atoms with Gasteiger partial charge in [0, 0.05) is 18.8 Å². The van der Waals surface area contributed by atoms with Gasteiger partial charge in [-0.05, 0) is 50.6 Å². The number of halogens is 1. The molecule has 0 aliphatic carbocycles. The maximum Gasteiger partial charge on any atom is 0.101 e. The zero-order valence-electron chi connectivity index (χ0n) is 10.6. The zero-order valence-corrected chi connectivity index (χ0v) is 11.4. The molecule has 1 aliphatic rings. The Morgan fingerprint density at radius 3 is 3.06 bits per heavy atom. The number of hydrogen-bond acceptors (Lipinski definition) is 3. The van der Waals surface area contributed by atoms with Crippen LogP contribution in [0.3, 0.4) is 0 Å². The number of hydrogen-bond donors (Lipinski definition) is 1. The second-order valence-electron chi connectivity index (χ2n) is 4.96. The standard InChI is InChI=1S/C14H18ClN3/c1-18-6-2-3-11(10-18)9-17-13-5-4-12(8-16)14(15)7-13/h4-5,7,11,17H,2-3,6,9-10H2,1H3. The Morgan fingerprint density at radius 1 is 1.56 bits per heavy atom. The summed E-state index contributed by atoms with van der Waals surface area (Å²) in [6.45, 7) is 3.32. The van der Waals surface area contributed by atoms with E-state index in [9.17, 15) is 0 Å². The summed E-state index contributed by atoms with van der Waals surface area (Å²) in [6, 6.07) is 7.57. The molecule has 0 saturated carbocycles. The number of rotatable bonds is 3. The van der Waals surface area contributed by atoms with E-state index in [0.29, 0.717) is 16.5 Å². The summed E-state index contributed by atoms with van der Waals surface area (Å²) in [5.74, 6) is 0.693. The quantitative estimate of drug-likeness (QED) is 0.911. The minimum absolute atomic E-state index is 0.517. The van der Waals surface area contributed by atoms with Crippen LogP contribution in [-0.4, -0.2) is 31.6 Å². The van der Waals surface area contributed by atoms with Crippen LogP contribution >= 0.6 is 11.6 Å². The van der Waals surface area contributed by atoms with E-state index in [-0.39, 0.29) is 0 Å². The lowest BCUT2D eigenvalue weighted by Crippen LogP contribution is -2.35. The molecule has 1 aromatic rings. The fourth-order valence-electron chi connectivity index (χ4n) is 2.42. The van der Waals surface area contributed by atoms with Crippen LogP contribution < -0.4 is 5.32 Å². The molecule has 1 aliphatic heterocycles. The van der Waals surface area contributed by atoms with Crippen LogP contribution in [0, 0.1) is 17.2 Å². The van der Waals surface area contributed by atoms with Gasteiger partial charge in [0.2, 0.25) is 0 Å². The molecule has 96 valence electrons. The molecule has 1 unspecified atom stereocenters. The third-order valence-electron chi connectivity index (χ3n) is 3.41. The van der Waals surface area contributed by atoms with Crippen molar-refractivity contribution in [2.45, 2.75) is 12.8 Å². The summed E-state index contributed by atoms with van der Waals surface area (Å²) in [7, 11) is 2.17. The summed E-state index contributed by atoms with van der Waals surface area (Å²) < 4.78 is 0. The molecule has 1 atom stereocenters. The average Bonchev–Trinajstić information content (AvgIpc) is 2.37. The third-order valence-corrected chi connectivity index (χ3v) is 3.72. The zero-order chi connectivity index (χ0) is 13.0. The van der Waals surface area contributed by atoms with E-state index in [4.69, 9.17) is 16.9 Å². The molecule has 1 heterocycles. The lowest BCUT2D eigenvalue weighted by molar-refractivity contribution is 0.217. The number of likely N-dealkylation sites (tertiary alicyclic amines) is 1. The molecule has 1 N–H and O–H groups in total. The molecule has 0 aromatic heterocycles. The number of anilines is 1. The van der Waals surface area contributed by atoms with Crippen LogP contribution in [-0.2, 0) is 0 Å². The first-order chi connectivity index (χ1) is 8.69. The normalized spacial score (nSPS) is 20.4. The number of nitrogens with zero attached hydrogens (tertiary/aromatic N) is 2. The van der Waals surface area contributed by atoms with E-state index in [2.05, 4.69) is 23.3 Å². The molecule has 0 radical (unpaired) electrons. The van der Waals surface area contributed by atoms with Crippen LogP contribution in [0.2, 0.25) is 5.02 Å². The topological polar surface area (TPSA) is 39.1 Å². The molecule has 0 spiro atoms. The van der Waals surface area contributed by atoms with E-state index in [1.165, 1.54) is 19.4 Å². The predicted octanol–water partition coefficient (Wildman–Crippen LogP) is 2.97. The Bertz CT molecular complexity index is 453. The number of nitrogens with one attached hydrogen (secondary N) is 1. The fourth-order valence-corrected chi connectivity index (χ4v) is 2.64. The van der Waals surface area contributed by atoms with Crippen molar-refractivity contribution in [2.24, 2.45) is 5.92 Å². The predicted molar refractivity (Wildman–Crippen MR) is 74.9 cm³/mol. The van der Waals surface area contributed by atoms with Crippen LogP contribution in [0.5, 0.6) is 0 Å². The van der Waals surface area contributed by atoms with E-state index in [1.54, 1.807) is 6.07 Å². The van der Waals surface area contributed by atoms with Crippen LogP contribution in [0.1, 0.15) is 18.4 Å². The molecule has 3 nitrogen and oxygen atoms in total. The van der Waals surface area contributed by atoms with Crippen LogP contribution in [0.4, 0.5) is 5.69 Å². The molecular weight excluding hydrogens is 246 g/mol. The van der Waals surface area contributed by atoms with Crippen molar-refractivity contribution in [3.05, 3.63) is 28.8 Å². The average molecular weight is 264 g/mol. The van der Waals surface area contributed by atoms with Gasteiger partial charge in [0.1, 0.15) is 6.07 Å². The minimum atomic E-state index is 0.517. The van der Waals surface area contributed by atoms with E-state index in [1.807, 2.05) is 12.1 Å². The Balaban J connectivity index is 1.90. The van der Waals surface area contributed by atoms with Crippen molar-refractivity contribution < 1.29 is 0 Å². The van der Waals surface area contributed by atoms with Gasteiger partial charge in [0.15, 0.2) is 0 Å². The molecule has 1 saturated heterocycles. The SMILES string of the molecule is CN1CCCC(CNc2ccc(C#N)c(Cl)c2)C1. The second-order valence-corrected chi connectivity index (χ2v) is 5.37. The summed E-state index contributed by atoms with van der Waals surface area (Å²) in [6.07, 6.45) is 2.55. The summed E-state index contributed by atoms with van der Waals surface area (Å²) in [5, 5.41) is 12.7. The summed E-state index contributed by atoms with van der Waals surface area (Å²) in [5.41, 5.74) is 1.52. The lowest BCUT2D eigenvalue weighted by atomic mass is 9.98. The van der Waals surface area contributed by atoms with Gasteiger partial charge in [-0.3, -0.25) is 0 Å². The number of benzene rings is 1. The molecule has 1 fully saturated rings. The number of nitriles is 1. The Labute approximate surface area is 113 Å². The smallest absolute Gasteiger partial charge is 0.101 e. The van der Waals surface area contributed by atoms with Crippen LogP contribution in [0.15, 0.2) is 18.2 Å². The van der Waals surface area contributed by atoms with Crippen molar-refractivity contribution in [3.63, 3.8) is 0 Å². The third kappa shape index (κ3) is 3.38. The highest BCUT2D eigenvalue weighted by Gasteiger charge is 2.16. The summed E-state index contributed by atoms with van der Waals surface area (Å²) >= 11 is 6.00. The maximum absolute atomic E-state index is 8.81. The largest absolute Gasteiger partial charge is 0.385 e. The second kappa shape index (κ2) is 6.08. The summed E-state index contributed by atoms with van der Waals surface area (Å²) in [4.78, 5) is 2.38. The van der Waals surface area contributed by atoms with Crippen LogP contribution in [0.25, 0.3) is 0 Å².